The number of ether oxygens (including phenoxy) is 4. The number of sulfonamides is 1. The Balaban J connectivity index is 1.55. The van der Waals surface area contributed by atoms with Crippen molar-refractivity contribution in [1.29, 1.82) is 0 Å². The number of hydrogen-bond donors (Lipinski definition) is 1. The molecule has 4 rings (SSSR count). The van der Waals surface area contributed by atoms with Crippen LogP contribution in [-0.4, -0.2) is 73.0 Å². The molecule has 3 aromatic carbocycles. The fraction of sp³-hybridized carbons (Fsp3) is 0.333. The number of hydrazone groups is 1. The van der Waals surface area contributed by atoms with Crippen molar-refractivity contribution in [3.8, 4) is 23.0 Å². The maximum absolute atomic E-state index is 14.0. The van der Waals surface area contributed by atoms with E-state index in [4.69, 9.17) is 18.9 Å². The molecule has 42 heavy (non-hydrogen) atoms. The maximum atomic E-state index is 14.0. The lowest BCUT2D eigenvalue weighted by molar-refractivity contribution is -0.119. The number of nitrogens with zero attached hydrogens (tertiary/aromatic N) is 3. The van der Waals surface area contributed by atoms with Crippen LogP contribution in [-0.2, 0) is 21.4 Å². The number of likely N-dealkylation sites (tertiary alicyclic amines) is 1. The maximum Gasteiger partial charge on any atom is 0.265 e. The second-order valence-electron chi connectivity index (χ2n) is 9.54. The molecule has 1 fully saturated rings. The third-order valence-electron chi connectivity index (χ3n) is 6.91. The lowest BCUT2D eigenvalue weighted by atomic mass is 10.1. The predicted octanol–water partition coefficient (Wildman–Crippen LogP) is 3.68. The summed E-state index contributed by atoms with van der Waals surface area (Å²) in [5, 5.41) is 4.33. The van der Waals surface area contributed by atoms with E-state index in [0.717, 1.165) is 29.7 Å². The van der Waals surface area contributed by atoms with Crippen LogP contribution < -0.4 is 28.7 Å². The van der Waals surface area contributed by atoms with E-state index in [2.05, 4.69) is 27.6 Å². The zero-order chi connectivity index (χ0) is 30.1. The third kappa shape index (κ3) is 7.31. The summed E-state index contributed by atoms with van der Waals surface area (Å²) in [6.07, 6.45) is 1.40. The average Bonchev–Trinajstić information content (AvgIpc) is 3.03. The van der Waals surface area contributed by atoms with E-state index in [1.165, 1.54) is 58.3 Å². The lowest BCUT2D eigenvalue weighted by Gasteiger charge is -2.28. The van der Waals surface area contributed by atoms with Crippen LogP contribution in [0, 0.1) is 0 Å². The number of nitrogens with one attached hydrogen (secondary N) is 1. The van der Waals surface area contributed by atoms with Gasteiger partial charge in [-0.15, -0.1) is 0 Å². The van der Waals surface area contributed by atoms with Gasteiger partial charge in [-0.05, 0) is 29.8 Å². The molecule has 0 saturated carbocycles. The highest BCUT2D eigenvalue weighted by Crippen LogP contribution is 2.37. The molecule has 1 heterocycles. The van der Waals surface area contributed by atoms with Crippen molar-refractivity contribution in [1.82, 2.24) is 10.3 Å². The molecule has 0 atom stereocenters. The van der Waals surface area contributed by atoms with Crippen LogP contribution in [0.5, 0.6) is 23.0 Å². The standard InChI is InChI=1S/C30H36N4O7S/c1-38-24-10-12-27(39-2)26(18-24)34(42(36,37)25-11-13-28(40-3)29(19-25)41-4)21-30(35)32-31-23-14-16-33(17-15-23)20-22-8-6-5-7-9-22/h5-13,18-19H,14-17,20-21H2,1-4H3,(H,32,35). The number of benzene rings is 3. The van der Waals surface area contributed by atoms with Crippen molar-refractivity contribution in [2.45, 2.75) is 24.3 Å². The van der Waals surface area contributed by atoms with E-state index >= 15 is 0 Å². The highest BCUT2D eigenvalue weighted by molar-refractivity contribution is 7.92. The minimum Gasteiger partial charge on any atom is -0.497 e. The second-order valence-corrected chi connectivity index (χ2v) is 11.4. The van der Waals surface area contributed by atoms with Gasteiger partial charge in [-0.3, -0.25) is 14.0 Å². The summed E-state index contributed by atoms with van der Waals surface area (Å²) >= 11 is 0. The van der Waals surface area contributed by atoms with E-state index in [-0.39, 0.29) is 22.1 Å². The van der Waals surface area contributed by atoms with Crippen LogP contribution in [0.15, 0.2) is 76.7 Å². The summed E-state index contributed by atoms with van der Waals surface area (Å²) in [6, 6.07) is 19.2. The van der Waals surface area contributed by atoms with Gasteiger partial charge in [0, 0.05) is 50.3 Å². The first-order chi connectivity index (χ1) is 20.3. The Kier molecular flexibility index (Phi) is 10.3. The first-order valence-corrected chi connectivity index (χ1v) is 14.8. The molecular formula is C30H36N4O7S. The van der Waals surface area contributed by atoms with Gasteiger partial charge in [0.2, 0.25) is 0 Å². The number of carbonyl (C=O) groups is 1. The van der Waals surface area contributed by atoms with E-state index < -0.39 is 22.5 Å². The molecule has 12 heteroatoms. The van der Waals surface area contributed by atoms with Gasteiger partial charge in [-0.2, -0.15) is 5.10 Å². The van der Waals surface area contributed by atoms with Crippen molar-refractivity contribution in [3.63, 3.8) is 0 Å². The van der Waals surface area contributed by atoms with Gasteiger partial charge in [0.05, 0.1) is 39.0 Å². The van der Waals surface area contributed by atoms with E-state index in [0.29, 0.717) is 24.3 Å². The van der Waals surface area contributed by atoms with Gasteiger partial charge in [0.25, 0.3) is 15.9 Å². The van der Waals surface area contributed by atoms with Crippen LogP contribution in [0.4, 0.5) is 5.69 Å². The van der Waals surface area contributed by atoms with Crippen LogP contribution in [0.2, 0.25) is 0 Å². The number of carbonyl (C=O) groups excluding carboxylic acids is 1. The zero-order valence-electron chi connectivity index (χ0n) is 24.2. The smallest absolute Gasteiger partial charge is 0.265 e. The molecule has 11 nitrogen and oxygen atoms in total. The van der Waals surface area contributed by atoms with Gasteiger partial charge < -0.3 is 18.9 Å². The summed E-state index contributed by atoms with van der Waals surface area (Å²) in [7, 11) is 1.46. The molecule has 0 spiro atoms. The molecule has 0 radical (unpaired) electrons. The Labute approximate surface area is 246 Å². The van der Waals surface area contributed by atoms with Crippen LogP contribution in [0.3, 0.4) is 0 Å². The van der Waals surface area contributed by atoms with Gasteiger partial charge in [-0.25, -0.2) is 13.8 Å². The summed E-state index contributed by atoms with van der Waals surface area (Å²) in [5.74, 6) is 0.616. The quantitative estimate of drug-likeness (QED) is 0.315. The van der Waals surface area contributed by atoms with Crippen molar-refractivity contribution < 1.29 is 32.2 Å². The van der Waals surface area contributed by atoms with Gasteiger partial charge >= 0.3 is 0 Å². The number of piperidine rings is 1. The molecule has 0 bridgehead atoms. The molecule has 3 aromatic rings. The average molecular weight is 597 g/mol. The Morgan fingerprint density at radius 2 is 1.52 bits per heavy atom. The van der Waals surface area contributed by atoms with Gasteiger partial charge in [0.1, 0.15) is 18.0 Å². The second kappa shape index (κ2) is 14.1. The van der Waals surface area contributed by atoms with Gasteiger partial charge in [-0.1, -0.05) is 30.3 Å². The summed E-state index contributed by atoms with van der Waals surface area (Å²) in [4.78, 5) is 15.4. The molecule has 0 unspecified atom stereocenters. The molecule has 1 saturated heterocycles. The summed E-state index contributed by atoms with van der Waals surface area (Å²) in [5.41, 5.74) is 4.78. The fourth-order valence-corrected chi connectivity index (χ4v) is 6.06. The first-order valence-electron chi connectivity index (χ1n) is 13.4. The number of hydrogen-bond acceptors (Lipinski definition) is 9. The Morgan fingerprint density at radius 3 is 2.17 bits per heavy atom. The number of anilines is 1. The largest absolute Gasteiger partial charge is 0.497 e. The zero-order valence-corrected chi connectivity index (χ0v) is 25.0. The van der Waals surface area contributed by atoms with E-state index in [1.54, 1.807) is 12.1 Å². The molecule has 224 valence electrons. The van der Waals surface area contributed by atoms with E-state index in [1.807, 2.05) is 18.2 Å². The summed E-state index contributed by atoms with van der Waals surface area (Å²) in [6.45, 7) is 1.91. The van der Waals surface area contributed by atoms with Crippen LogP contribution in [0.25, 0.3) is 0 Å². The molecule has 1 aliphatic rings. The van der Waals surface area contributed by atoms with Crippen molar-refractivity contribution >= 4 is 27.3 Å². The minimum absolute atomic E-state index is 0.102. The minimum atomic E-state index is -4.30. The molecule has 0 aromatic heterocycles. The fourth-order valence-electron chi connectivity index (χ4n) is 4.63. The summed E-state index contributed by atoms with van der Waals surface area (Å²) < 4.78 is 50.3. The lowest BCUT2D eigenvalue weighted by Crippen LogP contribution is -2.40. The van der Waals surface area contributed by atoms with Crippen LogP contribution in [0.1, 0.15) is 18.4 Å². The van der Waals surface area contributed by atoms with Crippen LogP contribution >= 0.6 is 0 Å². The first kappa shape index (κ1) is 30.7. The Morgan fingerprint density at radius 1 is 0.857 bits per heavy atom. The number of rotatable bonds is 12. The van der Waals surface area contributed by atoms with Crippen molar-refractivity contribution in [2.75, 3.05) is 52.4 Å². The molecule has 1 aliphatic heterocycles. The van der Waals surface area contributed by atoms with Gasteiger partial charge in [0.15, 0.2) is 11.5 Å². The van der Waals surface area contributed by atoms with Crippen molar-refractivity contribution in [3.05, 3.63) is 72.3 Å². The predicted molar refractivity (Wildman–Crippen MR) is 160 cm³/mol. The number of amides is 1. The number of methoxy groups -OCH3 is 4. The molecule has 1 amide bonds. The molecular weight excluding hydrogens is 560 g/mol. The third-order valence-corrected chi connectivity index (χ3v) is 8.66. The Bertz CT molecular complexity index is 1500. The normalized spacial score (nSPS) is 13.7. The van der Waals surface area contributed by atoms with E-state index in [9.17, 15) is 13.2 Å². The highest BCUT2D eigenvalue weighted by atomic mass is 32.2. The Hall–Kier alpha value is -4.29. The highest BCUT2D eigenvalue weighted by Gasteiger charge is 2.31. The van der Waals surface area contributed by atoms with Crippen molar-refractivity contribution in [2.24, 2.45) is 5.10 Å². The topological polar surface area (TPSA) is 119 Å². The molecule has 0 aliphatic carbocycles. The monoisotopic (exact) mass is 596 g/mol. The molecule has 1 N–H and O–H groups in total. The SMILES string of the molecule is COc1ccc(OC)c(N(CC(=O)NN=C2CCN(Cc3ccccc3)CC2)S(=O)(=O)c2ccc(OC)c(OC)c2)c1.